The third-order valence-electron chi connectivity index (χ3n) is 9.21. The van der Waals surface area contributed by atoms with E-state index in [-0.39, 0.29) is 45.0 Å². The molecule has 0 saturated carbocycles. The Morgan fingerprint density at radius 3 is 1.97 bits per heavy atom. The lowest BCUT2D eigenvalue weighted by Crippen LogP contribution is -2.68. The number of nitrogens with one attached hydrogen (secondary N) is 2. The first kappa shape index (κ1) is 44.6. The molecule has 3 aromatic rings. The molecule has 18 heteroatoms. The van der Waals surface area contributed by atoms with Crippen LogP contribution in [0.1, 0.15) is 34.8 Å². The molecule has 3 aromatic carbocycles. The zero-order chi connectivity index (χ0) is 41.7. The van der Waals surface area contributed by atoms with Crippen molar-refractivity contribution < 1.29 is 76.0 Å². The Labute approximate surface area is 332 Å². The van der Waals surface area contributed by atoms with Gasteiger partial charge in [0.1, 0.15) is 42.7 Å². The number of rotatable bonds is 18. The van der Waals surface area contributed by atoms with Crippen LogP contribution >= 0.6 is 0 Å². The monoisotopic (exact) mass is 820 g/mol. The van der Waals surface area contributed by atoms with Crippen LogP contribution in [0.4, 0.5) is 13.2 Å². The maximum atomic E-state index is 13.1. The van der Waals surface area contributed by atoms with Gasteiger partial charge < -0.3 is 59.1 Å². The quantitative estimate of drug-likeness (QED) is 0.0925. The van der Waals surface area contributed by atoms with Crippen molar-refractivity contribution in [2.75, 3.05) is 26.4 Å². The van der Waals surface area contributed by atoms with Crippen molar-refractivity contribution in [2.24, 2.45) is 0 Å². The van der Waals surface area contributed by atoms with E-state index in [1.165, 1.54) is 19.1 Å². The van der Waals surface area contributed by atoms with Gasteiger partial charge in [-0.15, -0.1) is 0 Å². The Balaban J connectivity index is 1.44. The number of amides is 2. The summed E-state index contributed by atoms with van der Waals surface area (Å²) in [7, 11) is 0. The first-order valence-corrected chi connectivity index (χ1v) is 18.6. The van der Waals surface area contributed by atoms with Crippen LogP contribution in [-0.2, 0) is 56.0 Å². The maximum absolute atomic E-state index is 13.1. The minimum atomic E-state index is -5.07. The second-order valence-corrected chi connectivity index (χ2v) is 13.6. The number of carbonyl (C=O) groups excluding carboxylic acids is 3. The van der Waals surface area contributed by atoms with Crippen LogP contribution in [0.5, 0.6) is 0 Å². The molecule has 0 unspecified atom stereocenters. The van der Waals surface area contributed by atoms with Crippen molar-refractivity contribution >= 4 is 17.8 Å². The molecule has 2 saturated heterocycles. The Kier molecular flexibility index (Phi) is 16.5. The molecular weight excluding hydrogens is 773 g/mol. The summed E-state index contributed by atoms with van der Waals surface area (Å²) in [6, 6.07) is 24.8. The SMILES string of the molecule is CC(=O)N[C@H]1[C@H](OCCCNC(=O)C(F)(F)F)O[C@H](COCc2ccccc2)[C@@H](O[C@@H]2O[C@H](CO)[C@H](O)[C@H](OC(=O)c3ccccc3)[C@H]2O)[C@@H]1OCc1ccccc1. The summed E-state index contributed by atoms with van der Waals surface area (Å²) in [5, 5.41) is 37.3. The van der Waals surface area contributed by atoms with E-state index in [1.807, 2.05) is 30.3 Å². The summed E-state index contributed by atoms with van der Waals surface area (Å²) in [5.41, 5.74) is 1.66. The third kappa shape index (κ3) is 12.5. The highest BCUT2D eigenvalue weighted by molar-refractivity contribution is 5.89. The van der Waals surface area contributed by atoms with Crippen molar-refractivity contribution in [1.82, 2.24) is 10.6 Å². The fourth-order valence-electron chi connectivity index (χ4n) is 6.36. The van der Waals surface area contributed by atoms with Gasteiger partial charge in [-0.2, -0.15) is 13.2 Å². The second-order valence-electron chi connectivity index (χ2n) is 13.6. The average Bonchev–Trinajstić information content (AvgIpc) is 3.21. The molecule has 0 spiro atoms. The van der Waals surface area contributed by atoms with Crippen LogP contribution in [0.2, 0.25) is 0 Å². The minimum absolute atomic E-state index is 0.0430. The zero-order valence-electron chi connectivity index (χ0n) is 31.4. The van der Waals surface area contributed by atoms with Crippen LogP contribution in [0.15, 0.2) is 91.0 Å². The van der Waals surface area contributed by atoms with Crippen LogP contribution < -0.4 is 10.6 Å². The molecule has 58 heavy (non-hydrogen) atoms. The number of hydrogen-bond acceptors (Lipinski definition) is 13. The van der Waals surface area contributed by atoms with Crippen molar-refractivity contribution in [3.63, 3.8) is 0 Å². The van der Waals surface area contributed by atoms with Gasteiger partial charge in [-0.3, -0.25) is 9.59 Å². The number of esters is 1. The lowest BCUT2D eigenvalue weighted by atomic mass is 9.94. The van der Waals surface area contributed by atoms with Crippen LogP contribution in [0.3, 0.4) is 0 Å². The maximum Gasteiger partial charge on any atom is 0.471 e. The molecule has 0 radical (unpaired) electrons. The van der Waals surface area contributed by atoms with Gasteiger partial charge in [0.2, 0.25) is 5.91 Å². The normalized spacial score (nSPS) is 27.4. The van der Waals surface area contributed by atoms with Gasteiger partial charge in [0.15, 0.2) is 18.7 Å². The van der Waals surface area contributed by atoms with Crippen LogP contribution in [-0.4, -0.2) is 127 Å². The number of ether oxygens (including phenoxy) is 7. The Hall–Kier alpha value is -4.50. The summed E-state index contributed by atoms with van der Waals surface area (Å²) in [5.74, 6) is -3.53. The molecule has 316 valence electrons. The fourth-order valence-corrected chi connectivity index (χ4v) is 6.36. The van der Waals surface area contributed by atoms with E-state index in [2.05, 4.69) is 5.32 Å². The first-order valence-electron chi connectivity index (χ1n) is 18.6. The van der Waals surface area contributed by atoms with Gasteiger partial charge in [0, 0.05) is 13.5 Å². The van der Waals surface area contributed by atoms with E-state index in [4.69, 9.17) is 33.2 Å². The number of hydrogen-bond donors (Lipinski definition) is 5. The summed E-state index contributed by atoms with van der Waals surface area (Å²) in [4.78, 5) is 37.1. The Morgan fingerprint density at radius 2 is 1.36 bits per heavy atom. The second kappa shape index (κ2) is 21.5. The topological polar surface area (TPSA) is 201 Å². The molecule has 0 aromatic heterocycles. The molecule has 5 rings (SSSR count). The average molecular weight is 821 g/mol. The van der Waals surface area contributed by atoms with E-state index >= 15 is 0 Å². The number of carbonyl (C=O) groups is 3. The van der Waals surface area contributed by atoms with E-state index < -0.39 is 91.9 Å². The smallest absolute Gasteiger partial charge is 0.453 e. The van der Waals surface area contributed by atoms with Crippen molar-refractivity contribution in [1.29, 1.82) is 0 Å². The number of aliphatic hydroxyl groups excluding tert-OH is 3. The molecule has 15 nitrogen and oxygen atoms in total. The highest BCUT2D eigenvalue weighted by Gasteiger charge is 2.53. The molecule has 0 bridgehead atoms. The largest absolute Gasteiger partial charge is 0.471 e. The summed E-state index contributed by atoms with van der Waals surface area (Å²) in [6.45, 7) is -0.290. The predicted molar refractivity (Wildman–Crippen MR) is 195 cm³/mol. The van der Waals surface area contributed by atoms with Gasteiger partial charge in [0.25, 0.3) is 0 Å². The van der Waals surface area contributed by atoms with Gasteiger partial charge in [-0.25, -0.2) is 4.79 Å². The number of alkyl halides is 3. The molecule has 0 aliphatic carbocycles. The van der Waals surface area contributed by atoms with E-state index in [0.29, 0.717) is 0 Å². The lowest BCUT2D eigenvalue weighted by Gasteiger charge is -2.49. The molecule has 2 heterocycles. The summed E-state index contributed by atoms with van der Waals surface area (Å²) in [6.07, 6.45) is -18.4. The Morgan fingerprint density at radius 1 is 0.759 bits per heavy atom. The number of halogens is 3. The molecule has 2 amide bonds. The lowest BCUT2D eigenvalue weighted by molar-refractivity contribution is -0.352. The highest BCUT2D eigenvalue weighted by Crippen LogP contribution is 2.33. The van der Waals surface area contributed by atoms with Gasteiger partial charge >= 0.3 is 18.1 Å². The number of benzene rings is 3. The molecule has 5 N–H and O–H groups in total. The van der Waals surface area contributed by atoms with E-state index in [0.717, 1.165) is 11.1 Å². The minimum Gasteiger partial charge on any atom is -0.453 e. The van der Waals surface area contributed by atoms with Crippen LogP contribution in [0, 0.1) is 0 Å². The Bertz CT molecular complexity index is 1730. The summed E-state index contributed by atoms with van der Waals surface area (Å²) >= 11 is 0. The van der Waals surface area contributed by atoms with Crippen LogP contribution in [0.25, 0.3) is 0 Å². The van der Waals surface area contributed by atoms with E-state index in [1.54, 1.807) is 53.8 Å². The van der Waals surface area contributed by atoms with Gasteiger partial charge in [-0.05, 0) is 29.7 Å². The number of aliphatic hydroxyl groups is 3. The fraction of sp³-hybridized carbons (Fsp3) is 0.475. The molecule has 2 aliphatic heterocycles. The van der Waals surface area contributed by atoms with E-state index in [9.17, 15) is 42.9 Å². The van der Waals surface area contributed by atoms with Gasteiger partial charge in [-0.1, -0.05) is 78.9 Å². The molecular formula is C40H47F3N2O13. The predicted octanol–water partition coefficient (Wildman–Crippen LogP) is 2.15. The van der Waals surface area contributed by atoms with Crippen molar-refractivity contribution in [3.05, 3.63) is 108 Å². The highest BCUT2D eigenvalue weighted by atomic mass is 19.4. The first-order chi connectivity index (χ1) is 27.8. The summed E-state index contributed by atoms with van der Waals surface area (Å²) < 4.78 is 80.9. The standard InChI is InChI=1S/C40H47F3N2O13/c1-24(47)45-30-34(54-22-26-14-7-3-8-15-26)33(58-38-32(49)35(31(48)28(20-46)55-38)57-36(50)27-16-9-4-10-17-27)29(23-52-21-25-12-5-2-6-13-25)56-37(30)53-19-11-18-44-39(51)40(41,42)43/h2-10,12-17,28-35,37-38,46,48-49H,11,18-23H2,1H3,(H,44,51)(H,45,47)/t28-,29-,30-,31+,32-,33-,34-,35+,37-,38+/m1/s1. The molecule has 10 atom stereocenters. The van der Waals surface area contributed by atoms with Crippen molar-refractivity contribution in [3.8, 4) is 0 Å². The van der Waals surface area contributed by atoms with Crippen molar-refractivity contribution in [2.45, 2.75) is 94.1 Å². The zero-order valence-corrected chi connectivity index (χ0v) is 31.4. The van der Waals surface area contributed by atoms with Gasteiger partial charge in [0.05, 0.1) is 38.6 Å². The molecule has 2 aliphatic rings. The molecule has 2 fully saturated rings. The third-order valence-corrected chi connectivity index (χ3v) is 9.21.